The average Bonchev–Trinajstić information content (AvgIpc) is 3.32. The zero-order chi connectivity index (χ0) is 18.5. The molecule has 0 unspecified atom stereocenters. The van der Waals surface area contributed by atoms with Gasteiger partial charge in [-0.3, -0.25) is 9.59 Å². The Morgan fingerprint density at radius 1 is 1.04 bits per heavy atom. The Balaban J connectivity index is 1.38. The van der Waals surface area contributed by atoms with Crippen molar-refractivity contribution in [2.45, 2.75) is 64.0 Å². The van der Waals surface area contributed by atoms with E-state index in [1.54, 1.807) is 0 Å². The summed E-state index contributed by atoms with van der Waals surface area (Å²) in [5.74, 6) is -0.749. The molecule has 3 rings (SSSR count). The molecule has 2 amide bonds. The minimum Gasteiger partial charge on any atom is -0.476 e. The van der Waals surface area contributed by atoms with Crippen molar-refractivity contribution in [1.82, 2.24) is 15.6 Å². The van der Waals surface area contributed by atoms with E-state index in [4.69, 9.17) is 5.11 Å². The highest BCUT2D eigenvalue weighted by molar-refractivity contribution is 7.09. The third-order valence-electron chi connectivity index (χ3n) is 5.36. The molecule has 0 aliphatic heterocycles. The molecule has 0 saturated heterocycles. The maximum atomic E-state index is 12.3. The Bertz CT molecular complexity index is 661. The summed E-state index contributed by atoms with van der Waals surface area (Å²) in [4.78, 5) is 39.3. The van der Waals surface area contributed by atoms with Gasteiger partial charge in [0.15, 0.2) is 5.69 Å². The number of amides is 2. The van der Waals surface area contributed by atoms with Crippen molar-refractivity contribution in [2.75, 3.05) is 0 Å². The average molecular weight is 379 g/mol. The summed E-state index contributed by atoms with van der Waals surface area (Å²) in [5, 5.41) is 16.9. The molecule has 2 aliphatic carbocycles. The van der Waals surface area contributed by atoms with Gasteiger partial charge < -0.3 is 15.7 Å². The number of aromatic nitrogens is 1. The molecule has 1 aromatic rings. The van der Waals surface area contributed by atoms with Crippen molar-refractivity contribution < 1.29 is 19.5 Å². The molecule has 1 heterocycles. The van der Waals surface area contributed by atoms with Crippen LogP contribution in [0.3, 0.4) is 0 Å². The van der Waals surface area contributed by atoms with Crippen LogP contribution in [0.4, 0.5) is 0 Å². The second-order valence-corrected chi connectivity index (χ2v) is 8.13. The summed E-state index contributed by atoms with van der Waals surface area (Å²) in [6.07, 6.45) is 7.50. The van der Waals surface area contributed by atoms with Crippen LogP contribution in [0.5, 0.6) is 0 Å². The number of nitrogens with one attached hydrogen (secondary N) is 2. The lowest BCUT2D eigenvalue weighted by Gasteiger charge is -2.29. The Morgan fingerprint density at radius 2 is 1.69 bits per heavy atom. The van der Waals surface area contributed by atoms with Crippen LogP contribution in [0.1, 0.15) is 66.9 Å². The van der Waals surface area contributed by atoms with E-state index in [2.05, 4.69) is 15.6 Å². The lowest BCUT2D eigenvalue weighted by Crippen LogP contribution is -2.42. The minimum atomic E-state index is -1.06. The Morgan fingerprint density at radius 3 is 2.31 bits per heavy atom. The lowest BCUT2D eigenvalue weighted by atomic mass is 9.85. The van der Waals surface area contributed by atoms with Crippen LogP contribution in [0.25, 0.3) is 0 Å². The van der Waals surface area contributed by atoms with E-state index in [0.29, 0.717) is 5.01 Å². The van der Waals surface area contributed by atoms with Crippen molar-refractivity contribution in [2.24, 2.45) is 11.8 Å². The Labute approximate surface area is 156 Å². The molecule has 7 nitrogen and oxygen atoms in total. The molecule has 1 aromatic heterocycles. The minimum absolute atomic E-state index is 0.0118. The van der Waals surface area contributed by atoms with Gasteiger partial charge in [0.05, 0.1) is 6.54 Å². The van der Waals surface area contributed by atoms with E-state index in [9.17, 15) is 14.4 Å². The lowest BCUT2D eigenvalue weighted by molar-refractivity contribution is -0.126. The third kappa shape index (κ3) is 4.81. The molecule has 142 valence electrons. The second-order valence-electron chi connectivity index (χ2n) is 7.19. The van der Waals surface area contributed by atoms with Gasteiger partial charge in [-0.1, -0.05) is 12.8 Å². The molecule has 0 bridgehead atoms. The summed E-state index contributed by atoms with van der Waals surface area (Å²) >= 11 is 1.23. The van der Waals surface area contributed by atoms with Crippen molar-refractivity contribution >= 4 is 29.1 Å². The third-order valence-corrected chi connectivity index (χ3v) is 6.20. The Hall–Kier alpha value is -1.96. The van der Waals surface area contributed by atoms with Crippen LogP contribution in [0.15, 0.2) is 5.38 Å². The highest BCUT2D eigenvalue weighted by Crippen LogP contribution is 2.28. The van der Waals surface area contributed by atoms with Gasteiger partial charge in [-0.15, -0.1) is 11.3 Å². The van der Waals surface area contributed by atoms with Gasteiger partial charge in [-0.2, -0.15) is 0 Å². The van der Waals surface area contributed by atoms with Crippen molar-refractivity contribution in [3.8, 4) is 0 Å². The SMILES string of the molecule is O=C(O)c1csc(CNC(=O)C2CCC(NC(=O)C3CCCC3)CC2)n1. The van der Waals surface area contributed by atoms with Crippen LogP contribution >= 0.6 is 11.3 Å². The molecule has 26 heavy (non-hydrogen) atoms. The smallest absolute Gasteiger partial charge is 0.355 e. The molecule has 2 fully saturated rings. The van der Waals surface area contributed by atoms with Crippen LogP contribution in [-0.4, -0.2) is 33.9 Å². The number of carbonyl (C=O) groups excluding carboxylic acids is 2. The van der Waals surface area contributed by atoms with Gasteiger partial charge in [0.25, 0.3) is 0 Å². The predicted molar refractivity (Wildman–Crippen MR) is 96.8 cm³/mol. The zero-order valence-electron chi connectivity index (χ0n) is 14.7. The summed E-state index contributed by atoms with van der Waals surface area (Å²) in [6, 6.07) is 0.184. The first-order chi connectivity index (χ1) is 12.5. The first kappa shape index (κ1) is 18.8. The highest BCUT2D eigenvalue weighted by atomic mass is 32.1. The number of thiazole rings is 1. The van der Waals surface area contributed by atoms with Gasteiger partial charge in [0.2, 0.25) is 11.8 Å². The summed E-state index contributed by atoms with van der Waals surface area (Å²) in [5.41, 5.74) is 0.0118. The molecule has 0 spiro atoms. The summed E-state index contributed by atoms with van der Waals surface area (Å²) < 4.78 is 0. The van der Waals surface area contributed by atoms with Crippen molar-refractivity contribution in [1.29, 1.82) is 0 Å². The standard InChI is InChI=1S/C18H25N3O4S/c22-16(19-9-15-21-14(10-26-15)18(24)25)12-5-7-13(8-6-12)20-17(23)11-3-1-2-4-11/h10-13H,1-9H2,(H,19,22)(H,20,23)(H,24,25). The van der Waals surface area contributed by atoms with E-state index in [1.165, 1.54) is 16.7 Å². The molecule has 0 atom stereocenters. The van der Waals surface area contributed by atoms with Gasteiger partial charge >= 0.3 is 5.97 Å². The molecular formula is C18H25N3O4S. The molecule has 0 aromatic carbocycles. The molecule has 2 saturated carbocycles. The molecular weight excluding hydrogens is 354 g/mol. The van der Waals surface area contributed by atoms with E-state index in [1.807, 2.05) is 0 Å². The summed E-state index contributed by atoms with van der Waals surface area (Å²) in [7, 11) is 0. The maximum Gasteiger partial charge on any atom is 0.355 e. The van der Waals surface area contributed by atoms with Gasteiger partial charge in [0.1, 0.15) is 5.01 Å². The first-order valence-corrected chi connectivity index (χ1v) is 10.2. The van der Waals surface area contributed by atoms with E-state index in [-0.39, 0.29) is 41.9 Å². The number of aromatic carboxylic acids is 1. The molecule has 8 heteroatoms. The number of hydrogen-bond acceptors (Lipinski definition) is 5. The normalized spacial score (nSPS) is 23.5. The molecule has 2 aliphatic rings. The predicted octanol–water partition coefficient (Wildman–Crippen LogP) is 2.32. The zero-order valence-corrected chi connectivity index (χ0v) is 15.5. The fraction of sp³-hybridized carbons (Fsp3) is 0.667. The van der Waals surface area contributed by atoms with Crippen molar-refractivity contribution in [3.05, 3.63) is 16.1 Å². The summed E-state index contributed by atoms with van der Waals surface area (Å²) in [6.45, 7) is 0.259. The van der Waals surface area contributed by atoms with Gasteiger partial charge in [-0.05, 0) is 38.5 Å². The highest BCUT2D eigenvalue weighted by Gasteiger charge is 2.29. The largest absolute Gasteiger partial charge is 0.476 e. The van der Waals surface area contributed by atoms with Crippen LogP contribution in [-0.2, 0) is 16.1 Å². The monoisotopic (exact) mass is 379 g/mol. The van der Waals surface area contributed by atoms with E-state index in [0.717, 1.165) is 51.4 Å². The number of carbonyl (C=O) groups is 3. The fourth-order valence-corrected chi connectivity index (χ4v) is 4.51. The number of nitrogens with zero attached hydrogens (tertiary/aromatic N) is 1. The van der Waals surface area contributed by atoms with Crippen LogP contribution in [0.2, 0.25) is 0 Å². The van der Waals surface area contributed by atoms with Gasteiger partial charge in [0, 0.05) is 23.3 Å². The Kier molecular flexibility index (Phi) is 6.24. The van der Waals surface area contributed by atoms with Gasteiger partial charge in [-0.25, -0.2) is 9.78 Å². The van der Waals surface area contributed by atoms with Crippen molar-refractivity contribution in [3.63, 3.8) is 0 Å². The van der Waals surface area contributed by atoms with Crippen LogP contribution < -0.4 is 10.6 Å². The molecule has 0 radical (unpaired) electrons. The van der Waals surface area contributed by atoms with E-state index >= 15 is 0 Å². The van der Waals surface area contributed by atoms with Crippen LogP contribution in [0, 0.1) is 11.8 Å². The maximum absolute atomic E-state index is 12.3. The molecule has 3 N–H and O–H groups in total. The number of rotatable bonds is 6. The number of hydrogen-bond donors (Lipinski definition) is 3. The fourth-order valence-electron chi connectivity index (χ4n) is 3.80. The second kappa shape index (κ2) is 8.62. The quantitative estimate of drug-likeness (QED) is 0.703. The van der Waals surface area contributed by atoms with E-state index < -0.39 is 5.97 Å². The number of carboxylic acids is 1. The first-order valence-electron chi connectivity index (χ1n) is 9.28. The topological polar surface area (TPSA) is 108 Å². The number of carboxylic acid groups (broad SMARTS) is 1.